The van der Waals surface area contributed by atoms with Crippen molar-refractivity contribution < 1.29 is 74.4 Å². The fourth-order valence-corrected chi connectivity index (χ4v) is 4.85. The summed E-state index contributed by atoms with van der Waals surface area (Å²) in [5.74, 6) is -4.22. The Kier molecular flexibility index (Phi) is 8.41. The third kappa shape index (κ3) is 5.55. The third-order valence-corrected chi connectivity index (χ3v) is 7.31. The maximum atomic E-state index is 13.6. The summed E-state index contributed by atoms with van der Waals surface area (Å²) >= 11 is 0. The molecule has 0 bridgehead atoms. The first-order chi connectivity index (χ1) is 20.3. The lowest BCUT2D eigenvalue weighted by Crippen LogP contribution is -2.61. The first-order valence-electron chi connectivity index (χ1n) is 13.0. The van der Waals surface area contributed by atoms with Crippen LogP contribution in [0.3, 0.4) is 0 Å². The zero-order chi connectivity index (χ0) is 31.3. The largest absolute Gasteiger partial charge is 0.508 e. The molecule has 16 nitrogen and oxygen atoms in total. The molecule has 0 saturated carbocycles. The number of rotatable bonds is 6. The first kappa shape index (κ1) is 30.7. The number of hydrogen-bond acceptors (Lipinski definition) is 16. The highest BCUT2D eigenvalue weighted by molar-refractivity contribution is 5.91. The minimum absolute atomic E-state index is 0.0603. The van der Waals surface area contributed by atoms with E-state index in [4.69, 9.17) is 23.4 Å². The highest BCUT2D eigenvalue weighted by Gasteiger charge is 2.48. The van der Waals surface area contributed by atoms with E-state index in [9.17, 15) is 55.9 Å². The van der Waals surface area contributed by atoms with Crippen molar-refractivity contribution in [2.75, 3.05) is 6.61 Å². The highest BCUT2D eigenvalue weighted by Crippen LogP contribution is 2.43. The fourth-order valence-electron chi connectivity index (χ4n) is 4.85. The average Bonchev–Trinajstić information content (AvgIpc) is 2.97. The molecule has 3 aromatic rings. The summed E-state index contributed by atoms with van der Waals surface area (Å²) in [7, 11) is 0. The predicted molar refractivity (Wildman–Crippen MR) is 140 cm³/mol. The van der Waals surface area contributed by atoms with Crippen LogP contribution in [0.2, 0.25) is 0 Å². The molecular weight excluding hydrogens is 580 g/mol. The van der Waals surface area contributed by atoms with E-state index in [0.717, 1.165) is 6.07 Å². The maximum Gasteiger partial charge on any atom is 0.239 e. The number of phenolic OH excluding ortho intramolecular Hbond substituents is 4. The summed E-state index contributed by atoms with van der Waals surface area (Å²) in [6.45, 7) is 0.811. The molecular formula is C27H30O16. The third-order valence-electron chi connectivity index (χ3n) is 7.31. The van der Waals surface area contributed by atoms with Crippen LogP contribution in [-0.2, 0) is 14.2 Å². The number of phenols is 4. The fraction of sp³-hybridized carbons (Fsp3) is 0.444. The van der Waals surface area contributed by atoms with E-state index < -0.39 is 102 Å². The van der Waals surface area contributed by atoms with Crippen molar-refractivity contribution in [3.63, 3.8) is 0 Å². The van der Waals surface area contributed by atoms with Crippen molar-refractivity contribution >= 4 is 11.0 Å². The number of benzene rings is 2. The van der Waals surface area contributed by atoms with Gasteiger partial charge in [0.2, 0.25) is 23.2 Å². The molecule has 43 heavy (non-hydrogen) atoms. The van der Waals surface area contributed by atoms with Gasteiger partial charge in [-0.3, -0.25) is 4.79 Å². The molecule has 2 aliphatic heterocycles. The van der Waals surface area contributed by atoms with Gasteiger partial charge in [0, 0.05) is 11.6 Å². The Hall–Kier alpha value is -3.71. The Labute approximate surface area is 241 Å². The van der Waals surface area contributed by atoms with Gasteiger partial charge in [0.25, 0.3) is 0 Å². The van der Waals surface area contributed by atoms with E-state index in [1.54, 1.807) is 0 Å². The number of hydrogen-bond donors (Lipinski definition) is 10. The molecule has 234 valence electrons. The quantitative estimate of drug-likeness (QED) is 0.140. The monoisotopic (exact) mass is 610 g/mol. The molecule has 0 radical (unpaired) electrons. The lowest BCUT2D eigenvalue weighted by molar-refractivity contribution is -0.318. The molecule has 2 aliphatic rings. The van der Waals surface area contributed by atoms with Crippen LogP contribution in [0.15, 0.2) is 39.5 Å². The Morgan fingerprint density at radius 2 is 1.47 bits per heavy atom. The Morgan fingerprint density at radius 3 is 2.16 bits per heavy atom. The Balaban J connectivity index is 1.49. The molecule has 2 aromatic carbocycles. The van der Waals surface area contributed by atoms with Crippen molar-refractivity contribution in [2.24, 2.45) is 0 Å². The van der Waals surface area contributed by atoms with Crippen molar-refractivity contribution in [3.05, 3.63) is 40.6 Å². The zero-order valence-corrected chi connectivity index (χ0v) is 22.3. The number of aromatic hydroxyl groups is 4. The molecule has 16 heteroatoms. The number of aliphatic hydroxyl groups excluding tert-OH is 6. The molecule has 1 aromatic heterocycles. The van der Waals surface area contributed by atoms with Crippen molar-refractivity contribution in [1.29, 1.82) is 0 Å². The second kappa shape index (κ2) is 11.8. The van der Waals surface area contributed by atoms with Gasteiger partial charge < -0.3 is 74.4 Å². The molecule has 10 atom stereocenters. The van der Waals surface area contributed by atoms with Crippen LogP contribution in [-0.4, -0.2) is 119 Å². The van der Waals surface area contributed by atoms with Gasteiger partial charge in [-0.1, -0.05) is 12.1 Å². The number of fused-ring (bicyclic) bond motifs is 1. The number of aliphatic hydroxyl groups is 6. The molecule has 10 N–H and O–H groups in total. The predicted octanol–water partition coefficient (Wildman–Crippen LogP) is -1.69. The van der Waals surface area contributed by atoms with Gasteiger partial charge in [0.05, 0.1) is 12.7 Å². The van der Waals surface area contributed by atoms with Gasteiger partial charge >= 0.3 is 0 Å². The van der Waals surface area contributed by atoms with E-state index in [2.05, 4.69) is 0 Å². The van der Waals surface area contributed by atoms with Crippen molar-refractivity contribution in [3.8, 4) is 40.1 Å². The lowest BCUT2D eigenvalue weighted by Gasteiger charge is -2.42. The smallest absolute Gasteiger partial charge is 0.239 e. The van der Waals surface area contributed by atoms with Crippen molar-refractivity contribution in [2.45, 2.75) is 68.3 Å². The highest BCUT2D eigenvalue weighted by atomic mass is 16.7. The van der Waals surface area contributed by atoms with Gasteiger partial charge in [-0.05, 0) is 19.1 Å². The second-order valence-electron chi connectivity index (χ2n) is 10.3. The molecule has 2 fully saturated rings. The minimum atomic E-state index is -1.98. The molecule has 5 rings (SSSR count). The van der Waals surface area contributed by atoms with Crippen LogP contribution in [0.5, 0.6) is 28.7 Å². The van der Waals surface area contributed by atoms with E-state index >= 15 is 0 Å². The van der Waals surface area contributed by atoms with Crippen LogP contribution >= 0.6 is 0 Å². The summed E-state index contributed by atoms with van der Waals surface area (Å²) in [6, 6.07) is 6.18. The topological polar surface area (TPSA) is 269 Å². The standard InChI is InChI=1S/C27H30O16/c1-8-15(30)20(35)22(37)26(40-8)39-7-13-17(32)21(36)23(38)27(42-13)43-25-19(34)14-12(6-11(29)16(31)18(14)33)41-24(25)9-3-2-4-10(28)5-9/h2-6,8,13,15,17,20-23,26-33,35-38H,7H2,1H3. The van der Waals surface area contributed by atoms with E-state index in [1.807, 2.05) is 0 Å². The second-order valence-corrected chi connectivity index (χ2v) is 10.3. The molecule has 0 spiro atoms. The van der Waals surface area contributed by atoms with Crippen LogP contribution in [0.4, 0.5) is 0 Å². The van der Waals surface area contributed by atoms with E-state index in [1.165, 1.54) is 31.2 Å². The minimum Gasteiger partial charge on any atom is -0.508 e. The van der Waals surface area contributed by atoms with Gasteiger partial charge in [-0.2, -0.15) is 0 Å². The van der Waals surface area contributed by atoms with E-state index in [0.29, 0.717) is 0 Å². The normalized spacial score (nSPS) is 33.0. The van der Waals surface area contributed by atoms with Gasteiger partial charge in [0.1, 0.15) is 59.4 Å². The Bertz CT molecular complexity index is 1540. The Morgan fingerprint density at radius 1 is 0.791 bits per heavy atom. The van der Waals surface area contributed by atoms with Crippen LogP contribution in [0, 0.1) is 0 Å². The first-order valence-corrected chi connectivity index (χ1v) is 13.0. The molecule has 3 heterocycles. The van der Waals surface area contributed by atoms with Gasteiger partial charge in [0.15, 0.2) is 23.5 Å². The summed E-state index contributed by atoms with van der Waals surface area (Å²) in [5.41, 5.74) is -1.44. The van der Waals surface area contributed by atoms with E-state index in [-0.39, 0.29) is 22.7 Å². The van der Waals surface area contributed by atoms with Gasteiger partial charge in [-0.25, -0.2) is 0 Å². The lowest BCUT2D eigenvalue weighted by atomic mass is 9.98. The summed E-state index contributed by atoms with van der Waals surface area (Å²) < 4.78 is 27.8. The molecule has 0 aliphatic carbocycles. The van der Waals surface area contributed by atoms with Crippen molar-refractivity contribution in [1.82, 2.24) is 0 Å². The summed E-state index contributed by atoms with van der Waals surface area (Å²) in [6.07, 6.45) is -16.2. The molecule has 10 unspecified atom stereocenters. The molecule has 2 saturated heterocycles. The summed E-state index contributed by atoms with van der Waals surface area (Å²) in [5, 5.41) is 102. The summed E-state index contributed by atoms with van der Waals surface area (Å²) in [4.78, 5) is 13.6. The van der Waals surface area contributed by atoms with Crippen LogP contribution in [0.1, 0.15) is 6.92 Å². The molecule has 0 amide bonds. The number of ether oxygens (including phenoxy) is 4. The van der Waals surface area contributed by atoms with Gasteiger partial charge in [-0.15, -0.1) is 0 Å². The average molecular weight is 611 g/mol. The maximum absolute atomic E-state index is 13.6. The SMILES string of the molecule is CC1OC(OCC2OC(Oc3c(-c4cccc(O)c4)oc4cc(O)c(O)c(O)c4c3=O)C(O)C(O)C2O)C(O)C(O)C1O. The zero-order valence-electron chi connectivity index (χ0n) is 22.3. The van der Waals surface area contributed by atoms with Crippen LogP contribution in [0.25, 0.3) is 22.3 Å². The van der Waals surface area contributed by atoms with Crippen LogP contribution < -0.4 is 10.2 Å².